The van der Waals surface area contributed by atoms with Crippen molar-refractivity contribution in [2.24, 2.45) is 23.0 Å². The van der Waals surface area contributed by atoms with E-state index in [1.54, 1.807) is 12.1 Å². The van der Waals surface area contributed by atoms with Crippen LogP contribution in [-0.4, -0.2) is 58.5 Å². The number of esters is 1. The average molecular weight is 635 g/mol. The molecule has 1 aromatic carbocycles. The van der Waals surface area contributed by atoms with Crippen molar-refractivity contribution >= 4 is 58.0 Å². The lowest BCUT2D eigenvalue weighted by Gasteiger charge is -2.28. The average Bonchev–Trinajstić information content (AvgIpc) is 3.48. The van der Waals surface area contributed by atoms with Gasteiger partial charge in [-0.15, -0.1) is 22.9 Å². The van der Waals surface area contributed by atoms with Crippen LogP contribution < -0.4 is 5.73 Å². The Kier molecular flexibility index (Phi) is 13.0. The third kappa shape index (κ3) is 9.58. The molecule has 2 aromatic rings. The molecule has 11 heteroatoms. The number of aryl methyl sites for hydroxylation is 2. The van der Waals surface area contributed by atoms with Crippen LogP contribution in [0.25, 0.3) is 0 Å². The van der Waals surface area contributed by atoms with E-state index < -0.39 is 23.4 Å². The van der Waals surface area contributed by atoms with E-state index in [1.807, 2.05) is 18.2 Å². The molecule has 5 N–H and O–H groups in total. The molecule has 222 valence electrons. The third-order valence-corrected chi connectivity index (χ3v) is 9.86. The van der Waals surface area contributed by atoms with Gasteiger partial charge in [-0.3, -0.25) is 4.79 Å². The van der Waals surface area contributed by atoms with Crippen LogP contribution in [0.1, 0.15) is 65.1 Å². The van der Waals surface area contributed by atoms with Crippen LogP contribution in [0, 0.1) is 17.3 Å². The first kappa shape index (κ1) is 33.1. The van der Waals surface area contributed by atoms with E-state index in [2.05, 4.69) is 0 Å². The number of hydrogen-bond acceptors (Lipinski definition) is 7. The molecule has 4 atom stereocenters. The number of alkyl halides is 1. The molecule has 7 nitrogen and oxygen atoms in total. The van der Waals surface area contributed by atoms with Crippen LogP contribution in [-0.2, 0) is 22.4 Å². The van der Waals surface area contributed by atoms with E-state index in [0.29, 0.717) is 34.2 Å². The van der Waals surface area contributed by atoms with E-state index in [0.717, 1.165) is 42.5 Å². The van der Waals surface area contributed by atoms with Gasteiger partial charge >= 0.3 is 5.97 Å². The maximum Gasteiger partial charge on any atom is 0.348 e. The Hall–Kier alpha value is -1.39. The van der Waals surface area contributed by atoms with Crippen molar-refractivity contribution in [3.05, 3.63) is 55.7 Å². The summed E-state index contributed by atoms with van der Waals surface area (Å²) >= 11 is 20.3. The summed E-state index contributed by atoms with van der Waals surface area (Å²) in [5, 5.41) is 31.4. The number of carbonyl (C=O) groups is 2. The van der Waals surface area contributed by atoms with E-state index >= 15 is 0 Å². The second kappa shape index (κ2) is 15.7. The number of benzene rings is 1. The summed E-state index contributed by atoms with van der Waals surface area (Å²) in [6, 6.07) is 9.13. The fourth-order valence-corrected chi connectivity index (χ4v) is 7.47. The van der Waals surface area contributed by atoms with Gasteiger partial charge < -0.3 is 25.8 Å². The Balaban J connectivity index is 1.49. The minimum Gasteiger partial charge on any atom is -0.461 e. The molecule has 1 aromatic heterocycles. The van der Waals surface area contributed by atoms with Gasteiger partial charge in [0.2, 0.25) is 5.91 Å². The highest BCUT2D eigenvalue weighted by molar-refractivity contribution is 7.13. The van der Waals surface area contributed by atoms with Gasteiger partial charge in [0.1, 0.15) is 11.5 Å². The molecule has 1 aliphatic carbocycles. The number of amides is 1. The fraction of sp³-hybridized carbons (Fsp3) is 0.586. The first-order chi connectivity index (χ1) is 19.1. The number of aliphatic hydroxyl groups is 3. The topological polar surface area (TPSA) is 130 Å². The monoisotopic (exact) mass is 633 g/mol. The normalized spacial score (nSPS) is 21.1. The molecule has 0 spiro atoms. The number of carbonyl (C=O) groups excluding carboxylic acids is 2. The molecule has 1 amide bonds. The van der Waals surface area contributed by atoms with Gasteiger partial charge in [-0.1, -0.05) is 23.2 Å². The zero-order valence-electron chi connectivity index (χ0n) is 22.4. The summed E-state index contributed by atoms with van der Waals surface area (Å²) in [5.41, 5.74) is 5.18. The molecule has 3 rings (SSSR count). The fourth-order valence-electron chi connectivity index (χ4n) is 5.46. The summed E-state index contributed by atoms with van der Waals surface area (Å²) in [4.78, 5) is 25.1. The van der Waals surface area contributed by atoms with Gasteiger partial charge in [0.25, 0.3) is 0 Å². The van der Waals surface area contributed by atoms with Gasteiger partial charge in [0.15, 0.2) is 0 Å². The Morgan fingerprint density at radius 2 is 1.73 bits per heavy atom. The zero-order valence-corrected chi connectivity index (χ0v) is 25.5. The van der Waals surface area contributed by atoms with Crippen LogP contribution in [0.2, 0.25) is 10.0 Å². The lowest BCUT2D eigenvalue weighted by Crippen LogP contribution is -2.36. The van der Waals surface area contributed by atoms with Crippen molar-refractivity contribution in [1.29, 1.82) is 0 Å². The zero-order chi connectivity index (χ0) is 29.3. The molecule has 0 bridgehead atoms. The summed E-state index contributed by atoms with van der Waals surface area (Å²) in [5.74, 6) is -0.693. The predicted molar refractivity (Wildman–Crippen MR) is 159 cm³/mol. The Morgan fingerprint density at radius 3 is 2.38 bits per heavy atom. The molecule has 0 saturated heterocycles. The minimum atomic E-state index is -1.02. The maximum atomic E-state index is 12.6. The molecule has 1 fully saturated rings. The third-order valence-electron chi connectivity index (χ3n) is 7.80. The van der Waals surface area contributed by atoms with Crippen molar-refractivity contribution < 1.29 is 29.6 Å². The van der Waals surface area contributed by atoms with Gasteiger partial charge in [0, 0.05) is 26.7 Å². The SMILES string of the molecule is NC(=O)CCCC(CO)(CO)COC(=O)c1ccc(CCCC2C(Cl)CC(O)C2CCc2cc(Cl)cc(Cl)c2)s1. The van der Waals surface area contributed by atoms with E-state index in [4.69, 9.17) is 45.3 Å². The molecule has 4 unspecified atom stereocenters. The number of aliphatic hydroxyl groups excluding tert-OH is 3. The van der Waals surface area contributed by atoms with Crippen LogP contribution >= 0.6 is 46.1 Å². The van der Waals surface area contributed by atoms with Gasteiger partial charge in [-0.25, -0.2) is 4.79 Å². The first-order valence-corrected chi connectivity index (χ1v) is 15.6. The lowest BCUT2D eigenvalue weighted by atomic mass is 9.85. The van der Waals surface area contributed by atoms with Crippen molar-refractivity contribution in [1.82, 2.24) is 0 Å². The number of primary amides is 1. The first-order valence-electron chi connectivity index (χ1n) is 13.6. The number of hydrogen-bond donors (Lipinski definition) is 4. The van der Waals surface area contributed by atoms with Crippen molar-refractivity contribution in [2.45, 2.75) is 69.3 Å². The molecule has 0 aliphatic heterocycles. The molecule has 0 radical (unpaired) electrons. The Labute approximate surface area is 254 Å². The standard InChI is InChI=1S/C29H38Cl3NO6S/c30-19-11-18(12-20(31)13-19)6-8-23-22(24(32)14-25(23)36)4-1-3-21-7-9-26(40-21)28(38)39-17-29(15-34,16-35)10-2-5-27(33)37/h7,9,11-13,22-25,34-36H,1-6,8,10,14-17H2,(H2,33,37). The number of ether oxygens (including phenoxy) is 1. The minimum absolute atomic E-state index is 0.0851. The smallest absolute Gasteiger partial charge is 0.348 e. The second-order valence-electron chi connectivity index (χ2n) is 10.8. The van der Waals surface area contributed by atoms with Crippen LogP contribution in [0.15, 0.2) is 30.3 Å². The number of rotatable bonds is 16. The number of halogens is 3. The van der Waals surface area contributed by atoms with Crippen LogP contribution in [0.5, 0.6) is 0 Å². The van der Waals surface area contributed by atoms with Crippen LogP contribution in [0.3, 0.4) is 0 Å². The predicted octanol–water partition coefficient (Wildman–Crippen LogP) is 5.40. The summed E-state index contributed by atoms with van der Waals surface area (Å²) in [6.07, 6.45) is 5.02. The van der Waals surface area contributed by atoms with Crippen molar-refractivity contribution in [3.63, 3.8) is 0 Å². The van der Waals surface area contributed by atoms with Gasteiger partial charge in [-0.2, -0.15) is 0 Å². The second-order valence-corrected chi connectivity index (χ2v) is 13.4. The van der Waals surface area contributed by atoms with Crippen molar-refractivity contribution in [2.75, 3.05) is 19.8 Å². The molecule has 40 heavy (non-hydrogen) atoms. The molecular weight excluding hydrogens is 597 g/mol. The number of nitrogens with two attached hydrogens (primary N) is 1. The molecule has 1 heterocycles. The Bertz CT molecular complexity index is 1100. The Morgan fingerprint density at radius 1 is 1.02 bits per heavy atom. The highest BCUT2D eigenvalue weighted by Crippen LogP contribution is 2.42. The van der Waals surface area contributed by atoms with Crippen LogP contribution in [0.4, 0.5) is 0 Å². The van der Waals surface area contributed by atoms with Gasteiger partial charge in [0.05, 0.1) is 24.7 Å². The van der Waals surface area contributed by atoms with E-state index in [-0.39, 0.29) is 43.5 Å². The number of thiophene rings is 1. The summed E-state index contributed by atoms with van der Waals surface area (Å²) < 4.78 is 5.42. The molecular formula is C29H38Cl3NO6S. The largest absolute Gasteiger partial charge is 0.461 e. The molecule has 1 saturated carbocycles. The van der Waals surface area contributed by atoms with Crippen molar-refractivity contribution in [3.8, 4) is 0 Å². The highest BCUT2D eigenvalue weighted by atomic mass is 35.5. The van der Waals surface area contributed by atoms with Gasteiger partial charge in [-0.05, 0) is 99.1 Å². The van der Waals surface area contributed by atoms with E-state index in [1.165, 1.54) is 11.3 Å². The summed E-state index contributed by atoms with van der Waals surface area (Å²) in [6.45, 7) is -0.915. The molecule has 1 aliphatic rings. The van der Waals surface area contributed by atoms with E-state index in [9.17, 15) is 24.9 Å². The summed E-state index contributed by atoms with van der Waals surface area (Å²) in [7, 11) is 0. The highest BCUT2D eigenvalue weighted by Gasteiger charge is 2.40. The lowest BCUT2D eigenvalue weighted by molar-refractivity contribution is -0.118. The quantitative estimate of drug-likeness (QED) is 0.145. The maximum absolute atomic E-state index is 12.6.